The van der Waals surface area contributed by atoms with Gasteiger partial charge in [0.15, 0.2) is 11.0 Å². The van der Waals surface area contributed by atoms with Crippen molar-refractivity contribution in [3.63, 3.8) is 0 Å². The van der Waals surface area contributed by atoms with E-state index in [1.807, 2.05) is 30.3 Å². The highest BCUT2D eigenvalue weighted by Gasteiger charge is 2.16. The van der Waals surface area contributed by atoms with Crippen LogP contribution < -0.4 is 0 Å². The molecule has 0 radical (unpaired) electrons. The number of benzene rings is 3. The third-order valence-corrected chi connectivity index (χ3v) is 5.55. The van der Waals surface area contributed by atoms with Gasteiger partial charge < -0.3 is 0 Å². The Morgan fingerprint density at radius 3 is 2.18 bits per heavy atom. The Kier molecular flexibility index (Phi) is 5.53. The van der Waals surface area contributed by atoms with Crippen LogP contribution in [0.5, 0.6) is 0 Å². The first-order valence-electron chi connectivity index (χ1n) is 9.22. The molecule has 0 bridgehead atoms. The lowest BCUT2D eigenvalue weighted by atomic mass is 10.1. The summed E-state index contributed by atoms with van der Waals surface area (Å²) in [6.45, 7) is 2.15. The number of hydrogen-bond donors (Lipinski definition) is 0. The largest absolute Gasteiger partial charge is 0.270 e. The summed E-state index contributed by atoms with van der Waals surface area (Å²) in [7, 11) is 0. The van der Waals surface area contributed by atoms with Gasteiger partial charge in [-0.1, -0.05) is 73.3 Å². The summed E-state index contributed by atoms with van der Waals surface area (Å²) in [4.78, 5) is 0. The molecule has 1 aromatic heterocycles. The molecule has 4 rings (SSSR count). The topological polar surface area (TPSA) is 30.7 Å². The van der Waals surface area contributed by atoms with Crippen molar-refractivity contribution in [2.24, 2.45) is 0 Å². The standard InChI is InChI=1S/C23H20FN3S/c1-2-17-10-14-21(15-11-17)27-22(19-6-4-3-5-7-19)25-26-23(27)28-16-18-8-12-20(24)13-9-18/h3-15H,2,16H2,1H3. The summed E-state index contributed by atoms with van der Waals surface area (Å²) in [5, 5.41) is 9.72. The van der Waals surface area contributed by atoms with Gasteiger partial charge in [-0.3, -0.25) is 4.57 Å². The van der Waals surface area contributed by atoms with Crippen LogP contribution in [0.2, 0.25) is 0 Å². The van der Waals surface area contributed by atoms with E-state index in [-0.39, 0.29) is 5.82 Å². The van der Waals surface area contributed by atoms with Gasteiger partial charge in [-0.25, -0.2) is 4.39 Å². The van der Waals surface area contributed by atoms with Crippen LogP contribution in [-0.2, 0) is 12.2 Å². The summed E-state index contributed by atoms with van der Waals surface area (Å²) < 4.78 is 15.2. The first kappa shape index (κ1) is 18.4. The highest BCUT2D eigenvalue weighted by molar-refractivity contribution is 7.98. The Balaban J connectivity index is 1.71. The molecule has 0 aliphatic carbocycles. The SMILES string of the molecule is CCc1ccc(-n2c(SCc3ccc(F)cc3)nnc2-c2ccccc2)cc1. The van der Waals surface area contributed by atoms with Crippen LogP contribution in [0, 0.1) is 5.82 Å². The molecule has 0 aliphatic heterocycles. The van der Waals surface area contributed by atoms with Gasteiger partial charge in [0.1, 0.15) is 5.82 Å². The number of nitrogens with zero attached hydrogens (tertiary/aromatic N) is 3. The summed E-state index contributed by atoms with van der Waals surface area (Å²) >= 11 is 1.59. The van der Waals surface area contributed by atoms with Crippen molar-refractivity contribution < 1.29 is 4.39 Å². The molecule has 0 saturated carbocycles. The van der Waals surface area contributed by atoms with E-state index in [0.717, 1.165) is 34.2 Å². The smallest absolute Gasteiger partial charge is 0.196 e. The molecule has 0 fully saturated rings. The molecular weight excluding hydrogens is 369 g/mol. The molecule has 0 N–H and O–H groups in total. The maximum Gasteiger partial charge on any atom is 0.196 e. The minimum atomic E-state index is -0.223. The van der Waals surface area contributed by atoms with E-state index in [0.29, 0.717) is 5.75 Å². The quantitative estimate of drug-likeness (QED) is 0.383. The second-order valence-corrected chi connectivity index (χ2v) is 7.39. The van der Waals surface area contributed by atoms with Crippen molar-refractivity contribution in [3.05, 3.63) is 95.8 Å². The highest BCUT2D eigenvalue weighted by Crippen LogP contribution is 2.30. The van der Waals surface area contributed by atoms with Gasteiger partial charge in [0.2, 0.25) is 0 Å². The molecule has 28 heavy (non-hydrogen) atoms. The number of rotatable bonds is 6. The Morgan fingerprint density at radius 2 is 1.50 bits per heavy atom. The molecular formula is C23H20FN3S. The summed E-state index contributed by atoms with van der Waals surface area (Å²) in [6.07, 6.45) is 1.00. The number of halogens is 1. The summed E-state index contributed by atoms with van der Waals surface area (Å²) in [5.41, 5.74) is 4.38. The van der Waals surface area contributed by atoms with Crippen LogP contribution in [0.15, 0.2) is 84.0 Å². The van der Waals surface area contributed by atoms with Crippen molar-refractivity contribution in [1.82, 2.24) is 14.8 Å². The molecule has 3 nitrogen and oxygen atoms in total. The molecule has 0 atom stereocenters. The zero-order chi connectivity index (χ0) is 19.3. The van der Waals surface area contributed by atoms with Crippen LogP contribution in [-0.4, -0.2) is 14.8 Å². The molecule has 5 heteroatoms. The van der Waals surface area contributed by atoms with E-state index < -0.39 is 0 Å². The highest BCUT2D eigenvalue weighted by atomic mass is 32.2. The van der Waals surface area contributed by atoms with E-state index in [1.165, 1.54) is 17.7 Å². The van der Waals surface area contributed by atoms with Gasteiger partial charge in [0.05, 0.1) is 0 Å². The lowest BCUT2D eigenvalue weighted by Crippen LogP contribution is -2.00. The molecule has 0 aliphatic rings. The average molecular weight is 389 g/mol. The van der Waals surface area contributed by atoms with E-state index in [9.17, 15) is 4.39 Å². The van der Waals surface area contributed by atoms with Crippen LogP contribution in [0.3, 0.4) is 0 Å². The molecule has 0 unspecified atom stereocenters. The van der Waals surface area contributed by atoms with E-state index >= 15 is 0 Å². The molecule has 0 spiro atoms. The average Bonchev–Trinajstić information content (AvgIpc) is 3.18. The third kappa shape index (κ3) is 3.99. The van der Waals surface area contributed by atoms with Gasteiger partial charge >= 0.3 is 0 Å². The monoisotopic (exact) mass is 389 g/mol. The second kappa shape index (κ2) is 8.40. The normalized spacial score (nSPS) is 10.9. The zero-order valence-electron chi connectivity index (χ0n) is 15.5. The Bertz CT molecular complexity index is 1040. The first-order valence-corrected chi connectivity index (χ1v) is 10.2. The van der Waals surface area contributed by atoms with Gasteiger partial charge in [-0.05, 0) is 41.8 Å². The van der Waals surface area contributed by atoms with Crippen molar-refractivity contribution in [2.45, 2.75) is 24.3 Å². The first-order chi connectivity index (χ1) is 13.7. The van der Waals surface area contributed by atoms with Crippen molar-refractivity contribution in [1.29, 1.82) is 0 Å². The Hall–Kier alpha value is -2.92. The lowest BCUT2D eigenvalue weighted by molar-refractivity contribution is 0.627. The molecule has 0 saturated heterocycles. The van der Waals surface area contributed by atoms with Gasteiger partial charge in [0.25, 0.3) is 0 Å². The van der Waals surface area contributed by atoms with Crippen molar-refractivity contribution in [2.75, 3.05) is 0 Å². The van der Waals surface area contributed by atoms with Crippen molar-refractivity contribution in [3.8, 4) is 17.1 Å². The fourth-order valence-electron chi connectivity index (χ4n) is 2.98. The van der Waals surface area contributed by atoms with Gasteiger partial charge in [0, 0.05) is 17.0 Å². The van der Waals surface area contributed by atoms with Crippen LogP contribution in [0.1, 0.15) is 18.1 Å². The summed E-state index contributed by atoms with van der Waals surface area (Å²) in [5.74, 6) is 1.28. The number of aryl methyl sites for hydroxylation is 1. The van der Waals surface area contributed by atoms with Crippen LogP contribution in [0.4, 0.5) is 4.39 Å². The zero-order valence-corrected chi connectivity index (χ0v) is 16.4. The maximum absolute atomic E-state index is 13.2. The molecule has 4 aromatic rings. The minimum absolute atomic E-state index is 0.223. The fraction of sp³-hybridized carbons (Fsp3) is 0.130. The Labute approximate surface area is 168 Å². The van der Waals surface area contributed by atoms with E-state index in [1.54, 1.807) is 23.9 Å². The predicted octanol–water partition coefficient (Wildman–Crippen LogP) is 5.93. The van der Waals surface area contributed by atoms with Gasteiger partial charge in [-0.15, -0.1) is 10.2 Å². The molecule has 0 amide bonds. The van der Waals surface area contributed by atoms with Gasteiger partial charge in [-0.2, -0.15) is 0 Å². The summed E-state index contributed by atoms with van der Waals surface area (Å²) in [6, 6.07) is 25.1. The second-order valence-electron chi connectivity index (χ2n) is 6.44. The lowest BCUT2D eigenvalue weighted by Gasteiger charge is -2.11. The van der Waals surface area contributed by atoms with Crippen LogP contribution in [0.25, 0.3) is 17.1 Å². The number of aromatic nitrogens is 3. The molecule has 140 valence electrons. The van der Waals surface area contributed by atoms with E-state index in [4.69, 9.17) is 0 Å². The molecule has 3 aromatic carbocycles. The fourth-order valence-corrected chi connectivity index (χ4v) is 3.89. The number of hydrogen-bond acceptors (Lipinski definition) is 3. The number of thioether (sulfide) groups is 1. The van der Waals surface area contributed by atoms with E-state index in [2.05, 4.69) is 46.0 Å². The van der Waals surface area contributed by atoms with Crippen molar-refractivity contribution >= 4 is 11.8 Å². The third-order valence-electron chi connectivity index (χ3n) is 4.55. The van der Waals surface area contributed by atoms with Crippen LogP contribution >= 0.6 is 11.8 Å². The minimum Gasteiger partial charge on any atom is -0.270 e. The maximum atomic E-state index is 13.2. The Morgan fingerprint density at radius 1 is 0.821 bits per heavy atom. The molecule has 1 heterocycles. The predicted molar refractivity (Wildman–Crippen MR) is 112 cm³/mol.